The van der Waals surface area contributed by atoms with Crippen LogP contribution in [0.3, 0.4) is 0 Å². The van der Waals surface area contributed by atoms with E-state index in [4.69, 9.17) is 11.6 Å². The van der Waals surface area contributed by atoms with Gasteiger partial charge in [0.2, 0.25) is 0 Å². The molecule has 0 spiro atoms. The summed E-state index contributed by atoms with van der Waals surface area (Å²) >= 11 is 7.31. The average Bonchev–Trinajstić information content (AvgIpc) is 3.19. The largest absolute Gasteiger partial charge is 0.338 e. The van der Waals surface area contributed by atoms with E-state index < -0.39 is 0 Å². The zero-order chi connectivity index (χ0) is 17.9. The van der Waals surface area contributed by atoms with Crippen LogP contribution < -0.4 is 0 Å². The van der Waals surface area contributed by atoms with Crippen molar-refractivity contribution >= 4 is 28.8 Å². The van der Waals surface area contributed by atoms with E-state index in [2.05, 4.69) is 27.1 Å². The third-order valence-corrected chi connectivity index (χ3v) is 5.83. The van der Waals surface area contributed by atoms with E-state index in [1.807, 2.05) is 17.0 Å². The SMILES string of the molecule is O=C(c1cnc(-c2ncccn2)s1)N1CCC(c2ccc(Cl)cc2)CC1. The van der Waals surface area contributed by atoms with Crippen LogP contribution in [0.2, 0.25) is 5.02 Å². The quantitative estimate of drug-likeness (QED) is 0.676. The normalized spacial score (nSPS) is 15.2. The molecule has 1 aromatic carbocycles. The van der Waals surface area contributed by atoms with Gasteiger partial charge in [0, 0.05) is 30.5 Å². The standard InChI is InChI=1S/C19H17ClN4OS/c20-15-4-2-13(3-5-15)14-6-10-24(11-7-14)19(25)16-12-23-18(26-16)17-21-8-1-9-22-17/h1-5,8-9,12,14H,6-7,10-11H2. The second-order valence-corrected chi connectivity index (χ2v) is 7.69. The van der Waals surface area contributed by atoms with Gasteiger partial charge in [-0.1, -0.05) is 23.7 Å². The Morgan fingerprint density at radius 2 is 1.77 bits per heavy atom. The molecule has 132 valence electrons. The number of rotatable bonds is 3. The lowest BCUT2D eigenvalue weighted by atomic mass is 9.89. The molecule has 0 bridgehead atoms. The van der Waals surface area contributed by atoms with Crippen molar-refractivity contribution < 1.29 is 4.79 Å². The van der Waals surface area contributed by atoms with Crippen LogP contribution in [0.4, 0.5) is 0 Å². The van der Waals surface area contributed by atoms with Gasteiger partial charge in [-0.25, -0.2) is 15.0 Å². The van der Waals surface area contributed by atoms with Gasteiger partial charge in [0.25, 0.3) is 5.91 Å². The van der Waals surface area contributed by atoms with Crippen molar-refractivity contribution in [3.63, 3.8) is 0 Å². The molecule has 4 rings (SSSR count). The molecule has 0 saturated carbocycles. The van der Waals surface area contributed by atoms with Crippen molar-refractivity contribution in [1.82, 2.24) is 19.9 Å². The summed E-state index contributed by atoms with van der Waals surface area (Å²) in [6.45, 7) is 1.50. The number of carbonyl (C=O) groups is 1. The van der Waals surface area contributed by atoms with Gasteiger partial charge in [-0.15, -0.1) is 11.3 Å². The Bertz CT molecular complexity index is 889. The van der Waals surface area contributed by atoms with Crippen molar-refractivity contribution in [3.05, 3.63) is 64.4 Å². The summed E-state index contributed by atoms with van der Waals surface area (Å²) in [7, 11) is 0. The third-order valence-electron chi connectivity index (χ3n) is 4.60. The highest BCUT2D eigenvalue weighted by atomic mass is 35.5. The molecule has 3 aromatic rings. The van der Waals surface area contributed by atoms with E-state index in [-0.39, 0.29) is 5.91 Å². The Kier molecular flexibility index (Phi) is 4.95. The number of benzene rings is 1. The number of likely N-dealkylation sites (tertiary alicyclic amines) is 1. The van der Waals surface area contributed by atoms with Crippen LogP contribution in [0.15, 0.2) is 48.9 Å². The lowest BCUT2D eigenvalue weighted by Crippen LogP contribution is -2.37. The second-order valence-electron chi connectivity index (χ2n) is 6.22. The van der Waals surface area contributed by atoms with Crippen LogP contribution in [0.5, 0.6) is 0 Å². The fourth-order valence-electron chi connectivity index (χ4n) is 3.19. The van der Waals surface area contributed by atoms with Gasteiger partial charge in [-0.05, 0) is 42.5 Å². The predicted molar refractivity (Wildman–Crippen MR) is 102 cm³/mol. The minimum atomic E-state index is 0.0410. The van der Waals surface area contributed by atoms with Crippen molar-refractivity contribution in [1.29, 1.82) is 0 Å². The molecule has 26 heavy (non-hydrogen) atoms. The first-order valence-electron chi connectivity index (χ1n) is 8.48. The fraction of sp³-hybridized carbons (Fsp3) is 0.263. The molecule has 1 amide bonds. The van der Waals surface area contributed by atoms with Gasteiger partial charge in [0.15, 0.2) is 10.8 Å². The minimum absolute atomic E-state index is 0.0410. The summed E-state index contributed by atoms with van der Waals surface area (Å²) in [5, 5.41) is 1.43. The molecule has 1 aliphatic rings. The first-order chi connectivity index (χ1) is 12.7. The van der Waals surface area contributed by atoms with Crippen LogP contribution >= 0.6 is 22.9 Å². The summed E-state index contributed by atoms with van der Waals surface area (Å²) in [4.78, 5) is 28.0. The molecule has 7 heteroatoms. The van der Waals surface area contributed by atoms with Crippen LogP contribution in [-0.4, -0.2) is 38.8 Å². The highest BCUT2D eigenvalue weighted by Crippen LogP contribution is 2.30. The molecular formula is C19H17ClN4OS. The van der Waals surface area contributed by atoms with E-state index in [0.717, 1.165) is 31.0 Å². The number of aromatic nitrogens is 3. The van der Waals surface area contributed by atoms with E-state index in [1.165, 1.54) is 16.9 Å². The van der Waals surface area contributed by atoms with Crippen molar-refractivity contribution in [2.24, 2.45) is 0 Å². The molecule has 0 aliphatic carbocycles. The Morgan fingerprint density at radius 1 is 1.08 bits per heavy atom. The topological polar surface area (TPSA) is 59.0 Å². The van der Waals surface area contributed by atoms with Crippen LogP contribution in [-0.2, 0) is 0 Å². The van der Waals surface area contributed by atoms with Gasteiger partial charge in [-0.2, -0.15) is 0 Å². The van der Waals surface area contributed by atoms with Gasteiger partial charge >= 0.3 is 0 Å². The van der Waals surface area contributed by atoms with E-state index in [1.54, 1.807) is 24.7 Å². The number of halogens is 1. The fourth-order valence-corrected chi connectivity index (χ4v) is 4.15. The number of amides is 1. The number of hydrogen-bond donors (Lipinski definition) is 0. The number of hydrogen-bond acceptors (Lipinski definition) is 5. The van der Waals surface area contributed by atoms with Crippen molar-refractivity contribution in [2.45, 2.75) is 18.8 Å². The maximum Gasteiger partial charge on any atom is 0.265 e. The van der Waals surface area contributed by atoms with Gasteiger partial charge in [0.1, 0.15) is 4.88 Å². The summed E-state index contributed by atoms with van der Waals surface area (Å²) < 4.78 is 0. The maximum absolute atomic E-state index is 12.8. The molecule has 2 aromatic heterocycles. The minimum Gasteiger partial charge on any atom is -0.338 e. The summed E-state index contributed by atoms with van der Waals surface area (Å²) in [6.07, 6.45) is 6.89. The summed E-state index contributed by atoms with van der Waals surface area (Å²) in [5.74, 6) is 1.07. The molecule has 3 heterocycles. The molecule has 5 nitrogen and oxygen atoms in total. The molecule has 1 fully saturated rings. The molecular weight excluding hydrogens is 368 g/mol. The van der Waals surface area contributed by atoms with E-state index in [9.17, 15) is 4.79 Å². The van der Waals surface area contributed by atoms with Crippen LogP contribution in [0, 0.1) is 0 Å². The molecule has 0 radical (unpaired) electrons. The van der Waals surface area contributed by atoms with Crippen molar-refractivity contribution in [3.8, 4) is 10.8 Å². The Morgan fingerprint density at radius 3 is 2.46 bits per heavy atom. The van der Waals surface area contributed by atoms with Gasteiger partial charge in [0.05, 0.1) is 6.20 Å². The Labute approximate surface area is 160 Å². The number of piperidine rings is 1. The lowest BCUT2D eigenvalue weighted by molar-refractivity contribution is 0.0717. The first-order valence-corrected chi connectivity index (χ1v) is 9.68. The number of nitrogens with zero attached hydrogens (tertiary/aromatic N) is 4. The molecule has 0 unspecified atom stereocenters. The number of thiazole rings is 1. The number of carbonyl (C=O) groups excluding carboxylic acids is 1. The first kappa shape index (κ1) is 17.1. The van der Waals surface area contributed by atoms with Gasteiger partial charge in [-0.3, -0.25) is 4.79 Å². The van der Waals surface area contributed by atoms with Crippen molar-refractivity contribution in [2.75, 3.05) is 13.1 Å². The molecule has 0 N–H and O–H groups in total. The molecule has 1 aliphatic heterocycles. The Hall–Kier alpha value is -2.31. The monoisotopic (exact) mass is 384 g/mol. The Balaban J connectivity index is 1.41. The van der Waals surface area contributed by atoms with Crippen LogP contribution in [0.1, 0.15) is 34.0 Å². The zero-order valence-electron chi connectivity index (χ0n) is 14.0. The second kappa shape index (κ2) is 7.51. The zero-order valence-corrected chi connectivity index (χ0v) is 15.6. The highest BCUT2D eigenvalue weighted by Gasteiger charge is 2.26. The molecule has 1 saturated heterocycles. The lowest BCUT2D eigenvalue weighted by Gasteiger charge is -2.32. The van der Waals surface area contributed by atoms with E-state index >= 15 is 0 Å². The third kappa shape index (κ3) is 3.61. The smallest absolute Gasteiger partial charge is 0.265 e. The predicted octanol–water partition coefficient (Wildman–Crippen LogP) is 4.27. The molecule has 0 atom stereocenters. The average molecular weight is 385 g/mol. The highest BCUT2D eigenvalue weighted by molar-refractivity contribution is 7.16. The maximum atomic E-state index is 12.8. The summed E-state index contributed by atoms with van der Waals surface area (Å²) in [5.41, 5.74) is 1.29. The van der Waals surface area contributed by atoms with Crippen LogP contribution in [0.25, 0.3) is 10.8 Å². The summed E-state index contributed by atoms with van der Waals surface area (Å²) in [6, 6.07) is 9.78. The van der Waals surface area contributed by atoms with E-state index in [0.29, 0.717) is 21.6 Å². The van der Waals surface area contributed by atoms with Gasteiger partial charge < -0.3 is 4.90 Å².